The number of aryl methyl sites for hydroxylation is 1. The van der Waals surface area contributed by atoms with Gasteiger partial charge in [-0.3, -0.25) is 4.79 Å². The summed E-state index contributed by atoms with van der Waals surface area (Å²) in [5.74, 6) is 0.339. The number of amides is 1. The first-order valence-corrected chi connectivity index (χ1v) is 7.93. The summed E-state index contributed by atoms with van der Waals surface area (Å²) in [6.07, 6.45) is 3.40. The van der Waals surface area contributed by atoms with E-state index < -0.39 is 0 Å². The van der Waals surface area contributed by atoms with Gasteiger partial charge < -0.3 is 14.8 Å². The standard InChI is InChI=1S/C15H17N3O3S/c1-10-8-14(22-18-10)17-15(19)11-2-3-13(16-9-11)21-12-4-6-20-7-5-12/h2-3,8-9,12H,4-7H2,1H3,(H,17,19). The maximum absolute atomic E-state index is 12.1. The van der Waals surface area contributed by atoms with Crippen molar-refractivity contribution in [1.82, 2.24) is 9.36 Å². The molecule has 0 unspecified atom stereocenters. The third-order valence-corrected chi connectivity index (χ3v) is 4.11. The van der Waals surface area contributed by atoms with Crippen molar-refractivity contribution in [2.45, 2.75) is 25.9 Å². The largest absolute Gasteiger partial charge is 0.474 e. The minimum atomic E-state index is -0.200. The van der Waals surface area contributed by atoms with E-state index >= 15 is 0 Å². The highest BCUT2D eigenvalue weighted by molar-refractivity contribution is 7.10. The van der Waals surface area contributed by atoms with E-state index in [2.05, 4.69) is 14.7 Å². The molecule has 22 heavy (non-hydrogen) atoms. The first kappa shape index (κ1) is 14.9. The molecule has 3 rings (SSSR count). The van der Waals surface area contributed by atoms with Crippen molar-refractivity contribution in [2.75, 3.05) is 18.5 Å². The van der Waals surface area contributed by atoms with Crippen LogP contribution in [0.3, 0.4) is 0 Å². The van der Waals surface area contributed by atoms with E-state index in [0.717, 1.165) is 36.8 Å². The molecule has 2 aromatic rings. The number of nitrogens with one attached hydrogen (secondary N) is 1. The van der Waals surface area contributed by atoms with Crippen molar-refractivity contribution in [2.24, 2.45) is 0 Å². The minimum Gasteiger partial charge on any atom is -0.474 e. The fraction of sp³-hybridized carbons (Fsp3) is 0.400. The summed E-state index contributed by atoms with van der Waals surface area (Å²) in [6, 6.07) is 5.27. The zero-order valence-corrected chi connectivity index (χ0v) is 13.1. The summed E-state index contributed by atoms with van der Waals surface area (Å²) in [4.78, 5) is 16.3. The normalized spacial score (nSPS) is 15.5. The van der Waals surface area contributed by atoms with Crippen LogP contribution in [0.4, 0.5) is 5.00 Å². The van der Waals surface area contributed by atoms with Crippen molar-refractivity contribution >= 4 is 22.4 Å². The molecule has 3 heterocycles. The summed E-state index contributed by atoms with van der Waals surface area (Å²) in [5.41, 5.74) is 1.38. The molecule has 0 saturated carbocycles. The Labute approximate surface area is 132 Å². The van der Waals surface area contributed by atoms with Gasteiger partial charge in [0.1, 0.15) is 11.1 Å². The minimum absolute atomic E-state index is 0.140. The monoisotopic (exact) mass is 319 g/mol. The number of rotatable bonds is 4. The highest BCUT2D eigenvalue weighted by atomic mass is 32.1. The molecule has 2 aromatic heterocycles. The third-order valence-electron chi connectivity index (χ3n) is 3.32. The molecule has 0 radical (unpaired) electrons. The lowest BCUT2D eigenvalue weighted by molar-refractivity contribution is 0.0237. The van der Waals surface area contributed by atoms with E-state index in [0.29, 0.717) is 11.4 Å². The summed E-state index contributed by atoms with van der Waals surface area (Å²) in [5, 5.41) is 3.53. The average molecular weight is 319 g/mol. The van der Waals surface area contributed by atoms with Crippen molar-refractivity contribution in [3.63, 3.8) is 0 Å². The van der Waals surface area contributed by atoms with E-state index in [9.17, 15) is 4.79 Å². The zero-order valence-electron chi connectivity index (χ0n) is 12.2. The second-order valence-electron chi connectivity index (χ2n) is 5.10. The molecule has 6 nitrogen and oxygen atoms in total. The molecular weight excluding hydrogens is 302 g/mol. The van der Waals surface area contributed by atoms with E-state index in [4.69, 9.17) is 9.47 Å². The molecule has 1 aliphatic rings. The van der Waals surface area contributed by atoms with E-state index in [1.54, 1.807) is 12.1 Å². The molecule has 1 aliphatic heterocycles. The summed E-state index contributed by atoms with van der Waals surface area (Å²) in [6.45, 7) is 3.33. The average Bonchev–Trinajstić information content (AvgIpc) is 2.94. The summed E-state index contributed by atoms with van der Waals surface area (Å²) < 4.78 is 15.2. The lowest BCUT2D eigenvalue weighted by Gasteiger charge is -2.22. The first-order valence-electron chi connectivity index (χ1n) is 7.16. The van der Waals surface area contributed by atoms with Crippen molar-refractivity contribution in [3.8, 4) is 5.88 Å². The van der Waals surface area contributed by atoms with Crippen LogP contribution in [0.1, 0.15) is 28.9 Å². The second kappa shape index (κ2) is 6.85. The Morgan fingerprint density at radius 3 is 2.86 bits per heavy atom. The van der Waals surface area contributed by atoms with Gasteiger partial charge in [0.15, 0.2) is 0 Å². The fourth-order valence-electron chi connectivity index (χ4n) is 2.16. The number of hydrogen-bond acceptors (Lipinski definition) is 6. The number of nitrogens with zero attached hydrogens (tertiary/aromatic N) is 2. The van der Waals surface area contributed by atoms with Crippen LogP contribution in [0.5, 0.6) is 5.88 Å². The van der Waals surface area contributed by atoms with Gasteiger partial charge in [-0.1, -0.05) is 0 Å². The van der Waals surface area contributed by atoms with Crippen LogP contribution < -0.4 is 10.1 Å². The Morgan fingerprint density at radius 1 is 1.41 bits per heavy atom. The summed E-state index contributed by atoms with van der Waals surface area (Å²) >= 11 is 1.26. The van der Waals surface area contributed by atoms with Crippen molar-refractivity contribution in [3.05, 3.63) is 35.7 Å². The molecule has 7 heteroatoms. The number of pyridine rings is 1. The number of anilines is 1. The van der Waals surface area contributed by atoms with Crippen LogP contribution in [0.2, 0.25) is 0 Å². The summed E-state index contributed by atoms with van der Waals surface area (Å²) in [7, 11) is 0. The van der Waals surface area contributed by atoms with Crippen molar-refractivity contribution in [1.29, 1.82) is 0 Å². The van der Waals surface area contributed by atoms with Crippen LogP contribution in [0.15, 0.2) is 24.4 Å². The molecule has 1 fully saturated rings. The number of ether oxygens (including phenoxy) is 2. The lowest BCUT2D eigenvalue weighted by Crippen LogP contribution is -2.26. The quantitative estimate of drug-likeness (QED) is 0.938. The van der Waals surface area contributed by atoms with E-state index in [1.807, 2.05) is 13.0 Å². The maximum atomic E-state index is 12.1. The number of aromatic nitrogens is 2. The Kier molecular flexibility index (Phi) is 4.65. The van der Waals surface area contributed by atoms with Gasteiger partial charge in [0.25, 0.3) is 5.91 Å². The van der Waals surface area contributed by atoms with E-state index in [-0.39, 0.29) is 12.0 Å². The van der Waals surface area contributed by atoms with Gasteiger partial charge in [0.05, 0.1) is 24.5 Å². The Hall–Kier alpha value is -1.99. The molecule has 1 amide bonds. The van der Waals surface area contributed by atoms with Gasteiger partial charge in [0.2, 0.25) is 5.88 Å². The van der Waals surface area contributed by atoms with E-state index in [1.165, 1.54) is 17.7 Å². The van der Waals surface area contributed by atoms with Crippen molar-refractivity contribution < 1.29 is 14.3 Å². The molecule has 0 atom stereocenters. The van der Waals surface area contributed by atoms with Gasteiger partial charge in [0, 0.05) is 25.1 Å². The van der Waals surface area contributed by atoms with Gasteiger partial charge in [-0.25, -0.2) is 4.98 Å². The Morgan fingerprint density at radius 2 is 2.23 bits per heavy atom. The predicted molar refractivity (Wildman–Crippen MR) is 83.5 cm³/mol. The predicted octanol–water partition coefficient (Wildman–Crippen LogP) is 2.66. The molecular formula is C15H17N3O3S. The first-order chi connectivity index (χ1) is 10.7. The Balaban J connectivity index is 1.59. The molecule has 0 aliphatic carbocycles. The molecule has 0 aromatic carbocycles. The molecule has 1 saturated heterocycles. The van der Waals surface area contributed by atoms with Crippen LogP contribution >= 0.6 is 11.5 Å². The Bertz CT molecular complexity index is 636. The third kappa shape index (κ3) is 3.80. The number of carbonyl (C=O) groups is 1. The van der Waals surface area contributed by atoms with Gasteiger partial charge >= 0.3 is 0 Å². The smallest absolute Gasteiger partial charge is 0.257 e. The van der Waals surface area contributed by atoms with Crippen LogP contribution in [-0.2, 0) is 4.74 Å². The molecule has 1 N–H and O–H groups in total. The topological polar surface area (TPSA) is 73.3 Å². The van der Waals surface area contributed by atoms with Gasteiger partial charge in [-0.05, 0) is 30.6 Å². The van der Waals surface area contributed by atoms with Gasteiger partial charge in [-0.15, -0.1) is 0 Å². The number of carbonyl (C=O) groups excluding carboxylic acids is 1. The zero-order chi connectivity index (χ0) is 15.4. The molecule has 116 valence electrons. The lowest BCUT2D eigenvalue weighted by atomic mass is 10.1. The van der Waals surface area contributed by atoms with Crippen LogP contribution in [-0.4, -0.2) is 34.6 Å². The SMILES string of the molecule is Cc1cc(NC(=O)c2ccc(OC3CCOCC3)nc2)sn1. The fourth-order valence-corrected chi connectivity index (χ4v) is 2.81. The highest BCUT2D eigenvalue weighted by Crippen LogP contribution is 2.18. The molecule has 0 bridgehead atoms. The molecule has 0 spiro atoms. The van der Waals surface area contributed by atoms with Crippen LogP contribution in [0.25, 0.3) is 0 Å². The second-order valence-corrected chi connectivity index (χ2v) is 5.91. The highest BCUT2D eigenvalue weighted by Gasteiger charge is 2.16. The van der Waals surface area contributed by atoms with Gasteiger partial charge in [-0.2, -0.15) is 4.37 Å². The number of hydrogen-bond donors (Lipinski definition) is 1. The maximum Gasteiger partial charge on any atom is 0.257 e. The van der Waals surface area contributed by atoms with Crippen LogP contribution in [0, 0.1) is 6.92 Å².